The maximum absolute atomic E-state index is 5.55. The second-order valence-corrected chi connectivity index (χ2v) is 4.22. The Balaban J connectivity index is 2.04. The van der Waals surface area contributed by atoms with Crippen LogP contribution >= 0.6 is 0 Å². The lowest BCUT2D eigenvalue weighted by atomic mass is 9.82. The first-order valence-corrected chi connectivity index (χ1v) is 5.60. The van der Waals surface area contributed by atoms with Crippen LogP contribution in [0.15, 0.2) is 24.3 Å². The molecule has 82 valence electrons. The summed E-state index contributed by atoms with van der Waals surface area (Å²) < 4.78 is 0. The zero-order valence-electron chi connectivity index (χ0n) is 8.98. The largest absolute Gasteiger partial charge is 0.367 e. The van der Waals surface area contributed by atoms with Gasteiger partial charge in [0.1, 0.15) is 5.82 Å². The number of nitrogens with zero attached hydrogens (tertiary/aromatic N) is 2. The predicted octanol–water partition coefficient (Wildman–Crippen LogP) is 1.86. The lowest BCUT2D eigenvalue weighted by Gasteiger charge is -2.23. The lowest BCUT2D eigenvalue weighted by Crippen LogP contribution is -2.12. The quantitative estimate of drug-likeness (QED) is 0.761. The van der Waals surface area contributed by atoms with Crippen LogP contribution in [0.25, 0.3) is 0 Å². The minimum atomic E-state index is 0.328. The third kappa shape index (κ3) is 1.46. The van der Waals surface area contributed by atoms with Gasteiger partial charge >= 0.3 is 0 Å². The third-order valence-electron chi connectivity index (χ3n) is 3.22. The normalized spacial score (nSPS) is 19.4. The van der Waals surface area contributed by atoms with Crippen molar-refractivity contribution in [1.29, 1.82) is 0 Å². The van der Waals surface area contributed by atoms with E-state index >= 15 is 0 Å². The number of H-pyrrole nitrogens is 1. The summed E-state index contributed by atoms with van der Waals surface area (Å²) >= 11 is 0. The van der Waals surface area contributed by atoms with E-state index < -0.39 is 0 Å². The molecule has 16 heavy (non-hydrogen) atoms. The van der Waals surface area contributed by atoms with E-state index in [1.807, 2.05) is 0 Å². The molecule has 0 aliphatic heterocycles. The number of rotatable bonds is 1. The Morgan fingerprint density at radius 3 is 3.00 bits per heavy atom. The van der Waals surface area contributed by atoms with Crippen LogP contribution in [0.2, 0.25) is 0 Å². The Labute approximate surface area is 93.9 Å². The molecule has 0 bridgehead atoms. The number of anilines is 1. The third-order valence-corrected chi connectivity index (χ3v) is 3.22. The molecule has 2 aromatic rings. The minimum absolute atomic E-state index is 0.328. The molecule has 1 aliphatic carbocycles. The zero-order chi connectivity index (χ0) is 11.0. The number of nitrogen functional groups attached to an aromatic ring is 1. The van der Waals surface area contributed by atoms with E-state index in [-0.39, 0.29) is 0 Å². The highest BCUT2D eigenvalue weighted by atomic mass is 15.3. The maximum atomic E-state index is 5.55. The fraction of sp³-hybridized carbons (Fsp3) is 0.333. The van der Waals surface area contributed by atoms with Gasteiger partial charge in [-0.1, -0.05) is 24.3 Å². The molecule has 0 fully saturated rings. The highest BCUT2D eigenvalue weighted by molar-refractivity contribution is 5.36. The van der Waals surface area contributed by atoms with Crippen molar-refractivity contribution in [2.45, 2.75) is 25.2 Å². The number of aryl methyl sites for hydroxylation is 1. The van der Waals surface area contributed by atoms with E-state index in [2.05, 4.69) is 39.4 Å². The maximum Gasteiger partial charge on any atom is 0.239 e. The van der Waals surface area contributed by atoms with Gasteiger partial charge in [0.15, 0.2) is 0 Å². The van der Waals surface area contributed by atoms with Crippen molar-refractivity contribution in [3.63, 3.8) is 0 Å². The van der Waals surface area contributed by atoms with Gasteiger partial charge < -0.3 is 5.73 Å². The number of aromatic amines is 1. The van der Waals surface area contributed by atoms with Crippen LogP contribution in [0, 0.1) is 0 Å². The topological polar surface area (TPSA) is 67.6 Å². The fourth-order valence-corrected chi connectivity index (χ4v) is 2.48. The van der Waals surface area contributed by atoms with Gasteiger partial charge in [-0.15, -0.1) is 5.10 Å². The molecule has 4 nitrogen and oxygen atoms in total. The van der Waals surface area contributed by atoms with Crippen molar-refractivity contribution in [2.24, 2.45) is 0 Å². The van der Waals surface area contributed by atoms with E-state index in [4.69, 9.17) is 5.73 Å². The van der Waals surface area contributed by atoms with Crippen molar-refractivity contribution in [3.05, 3.63) is 41.2 Å². The van der Waals surface area contributed by atoms with E-state index in [1.54, 1.807) is 0 Å². The first kappa shape index (κ1) is 9.39. The molecule has 4 heteroatoms. The van der Waals surface area contributed by atoms with Gasteiger partial charge in [-0.2, -0.15) is 4.98 Å². The Morgan fingerprint density at radius 1 is 1.31 bits per heavy atom. The van der Waals surface area contributed by atoms with Crippen molar-refractivity contribution in [3.8, 4) is 0 Å². The van der Waals surface area contributed by atoms with E-state index in [0.29, 0.717) is 11.9 Å². The van der Waals surface area contributed by atoms with E-state index in [0.717, 1.165) is 18.7 Å². The van der Waals surface area contributed by atoms with Gasteiger partial charge in [0, 0.05) is 5.92 Å². The number of nitrogens with one attached hydrogen (secondary N) is 1. The van der Waals surface area contributed by atoms with Crippen LogP contribution < -0.4 is 5.73 Å². The average Bonchev–Trinajstić information content (AvgIpc) is 2.75. The number of hydrogen-bond donors (Lipinski definition) is 2. The molecule has 1 aliphatic rings. The summed E-state index contributed by atoms with van der Waals surface area (Å²) in [4.78, 5) is 4.24. The minimum Gasteiger partial charge on any atom is -0.367 e. The summed E-state index contributed by atoms with van der Waals surface area (Å²) in [6.07, 6.45) is 3.48. The zero-order valence-corrected chi connectivity index (χ0v) is 8.98. The second-order valence-electron chi connectivity index (χ2n) is 4.22. The Kier molecular flexibility index (Phi) is 2.13. The molecule has 1 heterocycles. The van der Waals surface area contributed by atoms with Gasteiger partial charge in [0.2, 0.25) is 5.95 Å². The lowest BCUT2D eigenvalue weighted by molar-refractivity contribution is 0.592. The van der Waals surface area contributed by atoms with Crippen LogP contribution in [-0.2, 0) is 6.42 Å². The molecule has 0 saturated heterocycles. The number of fused-ring (bicyclic) bond motifs is 1. The van der Waals surface area contributed by atoms with Crippen molar-refractivity contribution >= 4 is 5.95 Å². The van der Waals surface area contributed by atoms with E-state index in [9.17, 15) is 0 Å². The van der Waals surface area contributed by atoms with Gasteiger partial charge in [-0.25, -0.2) is 0 Å². The highest BCUT2D eigenvalue weighted by Crippen LogP contribution is 2.34. The van der Waals surface area contributed by atoms with Gasteiger partial charge in [0.25, 0.3) is 0 Å². The molecule has 0 spiro atoms. The smallest absolute Gasteiger partial charge is 0.239 e. The Morgan fingerprint density at radius 2 is 2.19 bits per heavy atom. The van der Waals surface area contributed by atoms with E-state index in [1.165, 1.54) is 17.5 Å². The van der Waals surface area contributed by atoms with Crippen molar-refractivity contribution in [1.82, 2.24) is 15.2 Å². The number of aromatic nitrogens is 3. The van der Waals surface area contributed by atoms with Gasteiger partial charge in [0.05, 0.1) is 0 Å². The monoisotopic (exact) mass is 214 g/mol. The molecule has 3 rings (SSSR count). The van der Waals surface area contributed by atoms with Gasteiger partial charge in [-0.3, -0.25) is 5.10 Å². The molecule has 0 amide bonds. The van der Waals surface area contributed by atoms with Crippen molar-refractivity contribution in [2.75, 3.05) is 5.73 Å². The summed E-state index contributed by atoms with van der Waals surface area (Å²) in [7, 11) is 0. The first-order valence-electron chi connectivity index (χ1n) is 5.60. The SMILES string of the molecule is Nc1n[nH]c(C2CCCc3ccccc32)n1. The summed E-state index contributed by atoms with van der Waals surface area (Å²) in [6, 6.07) is 8.55. The first-order chi connectivity index (χ1) is 7.84. The predicted molar refractivity (Wildman–Crippen MR) is 62.0 cm³/mol. The Hall–Kier alpha value is -1.84. The van der Waals surface area contributed by atoms with Crippen LogP contribution in [0.3, 0.4) is 0 Å². The molecule has 1 aromatic carbocycles. The van der Waals surface area contributed by atoms with Gasteiger partial charge in [-0.05, 0) is 30.4 Å². The molecular weight excluding hydrogens is 200 g/mol. The van der Waals surface area contributed by atoms with Crippen molar-refractivity contribution < 1.29 is 0 Å². The number of nitrogens with two attached hydrogens (primary N) is 1. The van der Waals surface area contributed by atoms with Crippen LogP contribution in [-0.4, -0.2) is 15.2 Å². The number of hydrogen-bond acceptors (Lipinski definition) is 3. The highest BCUT2D eigenvalue weighted by Gasteiger charge is 2.23. The number of benzene rings is 1. The molecule has 0 radical (unpaired) electrons. The average molecular weight is 214 g/mol. The summed E-state index contributed by atoms with van der Waals surface area (Å²) in [6.45, 7) is 0. The molecular formula is C12H14N4. The van der Waals surface area contributed by atoms with Crippen LogP contribution in [0.4, 0.5) is 5.95 Å². The standard InChI is InChI=1S/C12H14N4/c13-12-14-11(15-16-12)10-7-3-5-8-4-1-2-6-9(8)10/h1-2,4,6,10H,3,5,7H2,(H3,13,14,15,16). The summed E-state index contributed by atoms with van der Waals surface area (Å²) in [5.74, 6) is 1.55. The summed E-state index contributed by atoms with van der Waals surface area (Å²) in [5.41, 5.74) is 8.34. The molecule has 0 saturated carbocycles. The molecule has 1 aromatic heterocycles. The Bertz CT molecular complexity index is 503. The summed E-state index contributed by atoms with van der Waals surface area (Å²) in [5, 5.41) is 6.84. The molecule has 1 atom stereocenters. The molecule has 1 unspecified atom stereocenters. The van der Waals surface area contributed by atoms with Crippen LogP contribution in [0.1, 0.15) is 35.7 Å². The van der Waals surface area contributed by atoms with Crippen LogP contribution in [0.5, 0.6) is 0 Å². The fourth-order valence-electron chi connectivity index (χ4n) is 2.48. The molecule has 3 N–H and O–H groups in total. The second kappa shape index (κ2) is 3.63.